The summed E-state index contributed by atoms with van der Waals surface area (Å²) in [4.78, 5) is 10.2. The Labute approximate surface area is 85.0 Å². The van der Waals surface area contributed by atoms with Gasteiger partial charge in [-0.05, 0) is 53.4 Å². The molecule has 0 saturated carbocycles. The van der Waals surface area contributed by atoms with Gasteiger partial charge in [0.05, 0.1) is 9.40 Å². The minimum atomic E-state index is -0.372. The molecular formula is C9H10BrNO2. The summed E-state index contributed by atoms with van der Waals surface area (Å²) >= 11 is 3.22. The lowest BCUT2D eigenvalue weighted by Crippen LogP contribution is -1.95. The van der Waals surface area contributed by atoms with E-state index in [9.17, 15) is 10.1 Å². The van der Waals surface area contributed by atoms with E-state index in [0.717, 1.165) is 16.7 Å². The van der Waals surface area contributed by atoms with Gasteiger partial charge < -0.3 is 0 Å². The van der Waals surface area contributed by atoms with Gasteiger partial charge >= 0.3 is 0 Å². The lowest BCUT2D eigenvalue weighted by Gasteiger charge is -2.06. The van der Waals surface area contributed by atoms with E-state index in [1.165, 1.54) is 0 Å². The monoisotopic (exact) mass is 243 g/mol. The molecule has 1 aromatic carbocycles. The fourth-order valence-corrected chi connectivity index (χ4v) is 1.72. The van der Waals surface area contributed by atoms with Crippen LogP contribution in [0.1, 0.15) is 16.7 Å². The topological polar surface area (TPSA) is 43.1 Å². The van der Waals surface area contributed by atoms with Crippen LogP contribution in [0.25, 0.3) is 0 Å². The second-order valence-electron chi connectivity index (χ2n) is 3.03. The quantitative estimate of drug-likeness (QED) is 0.562. The zero-order valence-corrected chi connectivity index (χ0v) is 9.31. The van der Waals surface area contributed by atoms with Crippen molar-refractivity contribution in [1.29, 1.82) is 0 Å². The smallest absolute Gasteiger partial charge is 0.258 e. The minimum absolute atomic E-state index is 0.139. The van der Waals surface area contributed by atoms with Crippen LogP contribution in [-0.2, 0) is 0 Å². The van der Waals surface area contributed by atoms with Crippen LogP contribution >= 0.6 is 15.9 Å². The number of nitro groups is 1. The third kappa shape index (κ3) is 1.72. The number of aryl methyl sites for hydroxylation is 1. The summed E-state index contributed by atoms with van der Waals surface area (Å²) in [5, 5.41) is 10.6. The fraction of sp³-hybridized carbons (Fsp3) is 0.333. The van der Waals surface area contributed by atoms with E-state index in [-0.39, 0.29) is 10.6 Å². The van der Waals surface area contributed by atoms with Crippen molar-refractivity contribution in [3.05, 3.63) is 37.3 Å². The average Bonchev–Trinajstić information content (AvgIpc) is 2.07. The van der Waals surface area contributed by atoms with Gasteiger partial charge in [-0.25, -0.2) is 0 Å². The molecule has 3 nitrogen and oxygen atoms in total. The summed E-state index contributed by atoms with van der Waals surface area (Å²) in [6, 6.07) is 1.59. The predicted octanol–water partition coefficient (Wildman–Crippen LogP) is 3.28. The van der Waals surface area contributed by atoms with Gasteiger partial charge in [0.2, 0.25) is 0 Å². The molecule has 0 radical (unpaired) electrons. The highest BCUT2D eigenvalue weighted by molar-refractivity contribution is 9.10. The number of halogens is 1. The molecule has 0 N–H and O–H groups in total. The maximum atomic E-state index is 10.6. The van der Waals surface area contributed by atoms with Crippen LogP contribution in [0.5, 0.6) is 0 Å². The lowest BCUT2D eigenvalue weighted by molar-refractivity contribution is -0.385. The van der Waals surface area contributed by atoms with E-state index in [1.807, 2.05) is 20.8 Å². The van der Waals surface area contributed by atoms with E-state index >= 15 is 0 Å². The Morgan fingerprint density at radius 2 is 1.85 bits per heavy atom. The van der Waals surface area contributed by atoms with Crippen molar-refractivity contribution in [2.45, 2.75) is 20.8 Å². The Morgan fingerprint density at radius 3 is 2.31 bits per heavy atom. The minimum Gasteiger partial charge on any atom is -0.258 e. The van der Waals surface area contributed by atoms with E-state index in [2.05, 4.69) is 15.9 Å². The average molecular weight is 244 g/mol. The fourth-order valence-electron chi connectivity index (χ4n) is 1.16. The molecule has 1 aromatic rings. The largest absolute Gasteiger partial charge is 0.284 e. The van der Waals surface area contributed by atoms with Gasteiger partial charge in [-0.1, -0.05) is 0 Å². The summed E-state index contributed by atoms with van der Waals surface area (Å²) in [5.74, 6) is 0. The molecule has 0 aliphatic heterocycles. The van der Waals surface area contributed by atoms with Gasteiger partial charge in [-0.3, -0.25) is 10.1 Å². The molecule has 0 aliphatic carbocycles. The van der Waals surface area contributed by atoms with Crippen molar-refractivity contribution in [2.75, 3.05) is 0 Å². The first kappa shape index (κ1) is 10.2. The molecule has 0 spiro atoms. The second-order valence-corrected chi connectivity index (χ2v) is 3.83. The molecule has 4 heteroatoms. The van der Waals surface area contributed by atoms with E-state index < -0.39 is 0 Å². The third-order valence-corrected chi connectivity index (χ3v) is 3.26. The highest BCUT2D eigenvalue weighted by Gasteiger charge is 2.16. The SMILES string of the molecule is Cc1cc([N+](=O)[O-])c(Br)c(C)c1C. The zero-order valence-electron chi connectivity index (χ0n) is 7.72. The number of nitro benzene ring substituents is 1. The van der Waals surface area contributed by atoms with Crippen molar-refractivity contribution in [2.24, 2.45) is 0 Å². The van der Waals surface area contributed by atoms with Gasteiger partial charge in [0, 0.05) is 6.07 Å². The van der Waals surface area contributed by atoms with Crippen LogP contribution < -0.4 is 0 Å². The first-order chi connectivity index (χ1) is 5.95. The Kier molecular flexibility index (Phi) is 2.71. The van der Waals surface area contributed by atoms with Crippen LogP contribution in [0.4, 0.5) is 5.69 Å². The van der Waals surface area contributed by atoms with Crippen LogP contribution in [0.15, 0.2) is 10.5 Å². The molecule has 0 saturated heterocycles. The molecule has 1 rings (SSSR count). The van der Waals surface area contributed by atoms with Crippen molar-refractivity contribution >= 4 is 21.6 Å². The van der Waals surface area contributed by atoms with E-state index in [0.29, 0.717) is 4.47 Å². The van der Waals surface area contributed by atoms with E-state index in [1.54, 1.807) is 6.07 Å². The summed E-state index contributed by atoms with van der Waals surface area (Å²) in [7, 11) is 0. The number of benzene rings is 1. The molecular weight excluding hydrogens is 234 g/mol. The standard InChI is InChI=1S/C9H10BrNO2/c1-5-4-8(11(12)13)9(10)7(3)6(5)2/h4H,1-3H3. The number of hydrogen-bond acceptors (Lipinski definition) is 2. The number of nitrogens with zero attached hydrogens (tertiary/aromatic N) is 1. The Bertz CT molecular complexity index is 374. The molecule has 0 bridgehead atoms. The van der Waals surface area contributed by atoms with Crippen molar-refractivity contribution in [3.8, 4) is 0 Å². The maximum absolute atomic E-state index is 10.6. The highest BCUT2D eigenvalue weighted by Crippen LogP contribution is 2.32. The predicted molar refractivity (Wildman–Crippen MR) is 55.0 cm³/mol. The summed E-state index contributed by atoms with van der Waals surface area (Å²) in [6.45, 7) is 5.71. The lowest BCUT2D eigenvalue weighted by atomic mass is 10.0. The van der Waals surface area contributed by atoms with Gasteiger partial charge in [-0.2, -0.15) is 0 Å². The first-order valence-corrected chi connectivity index (χ1v) is 4.65. The number of rotatable bonds is 1. The Hall–Kier alpha value is -0.900. The van der Waals surface area contributed by atoms with Crippen molar-refractivity contribution in [1.82, 2.24) is 0 Å². The molecule has 13 heavy (non-hydrogen) atoms. The van der Waals surface area contributed by atoms with Gasteiger partial charge in [0.25, 0.3) is 5.69 Å². The molecule has 0 fully saturated rings. The zero-order chi connectivity index (χ0) is 10.2. The van der Waals surface area contributed by atoms with Crippen LogP contribution in [0.2, 0.25) is 0 Å². The second kappa shape index (κ2) is 3.46. The third-order valence-electron chi connectivity index (χ3n) is 2.26. The van der Waals surface area contributed by atoms with Gasteiger partial charge in [-0.15, -0.1) is 0 Å². The summed E-state index contributed by atoms with van der Waals surface area (Å²) in [6.07, 6.45) is 0. The van der Waals surface area contributed by atoms with Crippen molar-refractivity contribution in [3.63, 3.8) is 0 Å². The normalized spacial score (nSPS) is 10.2. The Balaban J connectivity index is 3.50. The van der Waals surface area contributed by atoms with Crippen molar-refractivity contribution < 1.29 is 4.92 Å². The van der Waals surface area contributed by atoms with E-state index in [4.69, 9.17) is 0 Å². The van der Waals surface area contributed by atoms with Crippen LogP contribution in [0, 0.1) is 30.9 Å². The molecule has 0 amide bonds. The molecule has 70 valence electrons. The Morgan fingerprint density at radius 1 is 1.31 bits per heavy atom. The molecule has 0 aromatic heterocycles. The maximum Gasteiger partial charge on any atom is 0.284 e. The number of hydrogen-bond donors (Lipinski definition) is 0. The van der Waals surface area contributed by atoms with Gasteiger partial charge in [0.15, 0.2) is 0 Å². The molecule has 0 atom stereocenters. The highest BCUT2D eigenvalue weighted by atomic mass is 79.9. The molecule has 0 unspecified atom stereocenters. The first-order valence-electron chi connectivity index (χ1n) is 3.86. The summed E-state index contributed by atoms with van der Waals surface area (Å²) < 4.78 is 0.584. The molecule has 0 aliphatic rings. The summed E-state index contributed by atoms with van der Waals surface area (Å²) in [5.41, 5.74) is 3.12. The van der Waals surface area contributed by atoms with Crippen LogP contribution in [-0.4, -0.2) is 4.92 Å². The molecule has 0 heterocycles. The van der Waals surface area contributed by atoms with Crippen LogP contribution in [0.3, 0.4) is 0 Å². The van der Waals surface area contributed by atoms with Gasteiger partial charge in [0.1, 0.15) is 0 Å².